The minimum absolute atomic E-state index is 0.0265. The number of hydrogen-bond donors (Lipinski definition) is 2. The summed E-state index contributed by atoms with van der Waals surface area (Å²) in [5.41, 5.74) is 0.123. The monoisotopic (exact) mass is 442 g/mol. The van der Waals surface area contributed by atoms with Crippen molar-refractivity contribution >= 4 is 23.3 Å². The first-order valence-corrected chi connectivity index (χ1v) is 9.29. The lowest BCUT2D eigenvalue weighted by Crippen LogP contribution is -2.35. The highest BCUT2D eigenvalue weighted by Gasteiger charge is 2.47. The molecule has 30 heavy (non-hydrogen) atoms. The molecule has 2 aromatic heterocycles. The topological polar surface area (TPSA) is 72.1 Å². The van der Waals surface area contributed by atoms with Crippen LogP contribution in [0.1, 0.15) is 40.3 Å². The van der Waals surface area contributed by atoms with Gasteiger partial charge >= 0.3 is 6.18 Å². The fraction of sp³-hybridized carbons (Fsp3) is 0.263. The van der Waals surface area contributed by atoms with Gasteiger partial charge in [-0.2, -0.15) is 18.3 Å². The van der Waals surface area contributed by atoms with Gasteiger partial charge in [0, 0.05) is 6.42 Å². The molecule has 4 rings (SSSR count). The van der Waals surface area contributed by atoms with Crippen LogP contribution in [-0.4, -0.2) is 21.9 Å². The van der Waals surface area contributed by atoms with Crippen molar-refractivity contribution < 1.29 is 26.8 Å². The summed E-state index contributed by atoms with van der Waals surface area (Å²) >= 11 is 6.23. The number of amides is 1. The number of fused-ring (bicyclic) bond motifs is 1. The van der Waals surface area contributed by atoms with Crippen LogP contribution >= 0.6 is 11.6 Å². The number of aromatic nitrogens is 2. The van der Waals surface area contributed by atoms with Crippen molar-refractivity contribution in [1.82, 2.24) is 15.1 Å². The molecule has 1 aliphatic rings. The van der Waals surface area contributed by atoms with Crippen LogP contribution in [0.2, 0.25) is 5.02 Å². The summed E-state index contributed by atoms with van der Waals surface area (Å²) in [6.45, 7) is 0.0265. The molecule has 11 heteroatoms. The summed E-state index contributed by atoms with van der Waals surface area (Å²) in [7, 11) is 0. The first kappa shape index (κ1) is 20.3. The Bertz CT molecular complexity index is 1050. The van der Waals surface area contributed by atoms with Gasteiger partial charge in [0.2, 0.25) is 0 Å². The molecule has 0 bridgehead atoms. The van der Waals surface area contributed by atoms with E-state index in [4.69, 9.17) is 16.0 Å². The zero-order chi connectivity index (χ0) is 21.5. The smallest absolute Gasteiger partial charge is 0.410 e. The zero-order valence-electron chi connectivity index (χ0n) is 15.2. The van der Waals surface area contributed by atoms with Gasteiger partial charge in [0.1, 0.15) is 22.4 Å². The second-order valence-electron chi connectivity index (χ2n) is 6.76. The van der Waals surface area contributed by atoms with Crippen molar-refractivity contribution in [3.63, 3.8) is 0 Å². The number of carbonyl (C=O) groups is 1. The van der Waals surface area contributed by atoms with Gasteiger partial charge in [0.05, 0.1) is 18.8 Å². The molecule has 1 amide bonds. The average Bonchev–Trinajstić information content (AvgIpc) is 3.33. The van der Waals surface area contributed by atoms with Crippen LogP contribution in [0.25, 0.3) is 0 Å². The minimum atomic E-state index is -4.63. The maximum Gasteiger partial charge on any atom is 0.410 e. The summed E-state index contributed by atoms with van der Waals surface area (Å²) in [5, 5.41) is 9.02. The molecular formula is C19H15ClF4N4O2. The van der Waals surface area contributed by atoms with Gasteiger partial charge in [-0.25, -0.2) is 9.07 Å². The van der Waals surface area contributed by atoms with Crippen molar-refractivity contribution in [3.8, 4) is 0 Å². The maximum atomic E-state index is 13.7. The summed E-state index contributed by atoms with van der Waals surface area (Å²) in [4.78, 5) is 12.5. The highest BCUT2D eigenvalue weighted by molar-refractivity contribution is 6.36. The largest absolute Gasteiger partial charge is 0.467 e. The normalized spacial score (nSPS) is 18.6. The van der Waals surface area contributed by atoms with Crippen LogP contribution in [0.5, 0.6) is 0 Å². The number of benzene rings is 1. The van der Waals surface area contributed by atoms with Crippen LogP contribution in [0.4, 0.5) is 23.4 Å². The number of halogens is 5. The zero-order valence-corrected chi connectivity index (χ0v) is 16.0. The lowest BCUT2D eigenvalue weighted by atomic mass is 9.97. The van der Waals surface area contributed by atoms with Crippen molar-refractivity contribution in [2.45, 2.75) is 31.2 Å². The van der Waals surface area contributed by atoms with Crippen LogP contribution in [0.3, 0.4) is 0 Å². The van der Waals surface area contributed by atoms with Crippen molar-refractivity contribution in [3.05, 3.63) is 70.5 Å². The van der Waals surface area contributed by atoms with Gasteiger partial charge in [0.25, 0.3) is 5.91 Å². The van der Waals surface area contributed by atoms with Crippen LogP contribution < -0.4 is 10.6 Å². The number of rotatable bonds is 4. The summed E-state index contributed by atoms with van der Waals surface area (Å²) in [6.07, 6.45) is -3.60. The van der Waals surface area contributed by atoms with E-state index in [1.54, 1.807) is 12.1 Å². The number of hydrogen-bond acceptors (Lipinski definition) is 4. The molecule has 0 radical (unpaired) electrons. The van der Waals surface area contributed by atoms with Gasteiger partial charge in [-0.05, 0) is 29.8 Å². The van der Waals surface area contributed by atoms with Gasteiger partial charge in [-0.15, -0.1) is 0 Å². The first-order valence-electron chi connectivity index (χ1n) is 8.91. The van der Waals surface area contributed by atoms with Crippen LogP contribution in [-0.2, 0) is 6.54 Å². The van der Waals surface area contributed by atoms with E-state index in [0.717, 1.165) is 0 Å². The third kappa shape index (κ3) is 3.87. The number of anilines is 1. The van der Waals surface area contributed by atoms with E-state index in [9.17, 15) is 22.4 Å². The van der Waals surface area contributed by atoms with Crippen molar-refractivity contribution in [2.24, 2.45) is 0 Å². The van der Waals surface area contributed by atoms with E-state index in [1.165, 1.54) is 30.5 Å². The number of carbonyl (C=O) groups excluding carboxylic acids is 1. The first-order chi connectivity index (χ1) is 14.2. The van der Waals surface area contributed by atoms with Gasteiger partial charge in [-0.1, -0.05) is 23.7 Å². The quantitative estimate of drug-likeness (QED) is 0.566. The van der Waals surface area contributed by atoms with E-state index in [1.807, 2.05) is 0 Å². The Labute approximate surface area is 172 Å². The van der Waals surface area contributed by atoms with Gasteiger partial charge in [-0.3, -0.25) is 4.79 Å². The fourth-order valence-electron chi connectivity index (χ4n) is 3.31. The molecule has 3 aromatic rings. The Kier molecular flexibility index (Phi) is 5.19. The third-order valence-corrected chi connectivity index (χ3v) is 5.14. The Morgan fingerprint density at radius 3 is 2.67 bits per heavy atom. The molecule has 0 spiro atoms. The molecule has 158 valence electrons. The molecule has 0 unspecified atom stereocenters. The summed E-state index contributed by atoms with van der Waals surface area (Å²) in [6, 6.07) is 5.60. The lowest BCUT2D eigenvalue weighted by molar-refractivity contribution is -0.173. The van der Waals surface area contributed by atoms with E-state index in [2.05, 4.69) is 15.7 Å². The highest BCUT2D eigenvalue weighted by atomic mass is 35.5. The number of nitrogens with zero attached hydrogens (tertiary/aromatic N) is 2. The second kappa shape index (κ2) is 7.67. The summed E-state index contributed by atoms with van der Waals surface area (Å²) in [5.74, 6) is -0.895. The fourth-order valence-corrected chi connectivity index (χ4v) is 3.58. The van der Waals surface area contributed by atoms with E-state index >= 15 is 0 Å². The van der Waals surface area contributed by atoms with Gasteiger partial charge in [0.15, 0.2) is 11.7 Å². The predicted octanol–water partition coefficient (Wildman–Crippen LogP) is 4.86. The summed E-state index contributed by atoms with van der Waals surface area (Å²) < 4.78 is 60.2. The number of nitrogens with one attached hydrogen (secondary N) is 2. The number of furan rings is 1. The molecule has 0 saturated heterocycles. The molecule has 2 N–H and O–H groups in total. The maximum absolute atomic E-state index is 13.7. The Hall–Kier alpha value is -3.01. The standard InChI is InChI=1S/C19H15ClF4N4O2/c20-15-16(18(29)25-9-12-2-1-7-30-12)27-28-14(19(22,23)24)8-13(26-17(15)28)10-3-5-11(21)6-4-10/h1-7,13-14,26H,8-9H2,(H,25,29)/t13-,14-/m1/s1. The third-order valence-electron chi connectivity index (χ3n) is 4.79. The molecule has 3 heterocycles. The number of alkyl halides is 3. The van der Waals surface area contributed by atoms with Gasteiger partial charge < -0.3 is 15.1 Å². The van der Waals surface area contributed by atoms with Crippen LogP contribution in [0, 0.1) is 5.82 Å². The molecule has 0 fully saturated rings. The van der Waals surface area contributed by atoms with Crippen molar-refractivity contribution in [2.75, 3.05) is 5.32 Å². The highest BCUT2D eigenvalue weighted by Crippen LogP contribution is 2.46. The average molecular weight is 443 g/mol. The molecule has 2 atom stereocenters. The molecule has 0 saturated carbocycles. The SMILES string of the molecule is O=C(NCc1ccco1)c1nn2c(c1Cl)N[C@@H](c1ccc(F)cc1)C[C@@H]2C(F)(F)F. The molecule has 1 aliphatic heterocycles. The van der Waals surface area contributed by atoms with E-state index in [-0.39, 0.29) is 23.1 Å². The molecule has 1 aromatic carbocycles. The molecule has 6 nitrogen and oxygen atoms in total. The predicted molar refractivity (Wildman–Crippen MR) is 99.6 cm³/mol. The lowest BCUT2D eigenvalue weighted by Gasteiger charge is -2.33. The Balaban J connectivity index is 1.65. The Morgan fingerprint density at radius 1 is 1.30 bits per heavy atom. The van der Waals surface area contributed by atoms with Crippen LogP contribution in [0.15, 0.2) is 47.1 Å². The minimum Gasteiger partial charge on any atom is -0.467 e. The molecular weight excluding hydrogens is 428 g/mol. The Morgan fingerprint density at radius 2 is 2.03 bits per heavy atom. The second-order valence-corrected chi connectivity index (χ2v) is 7.14. The van der Waals surface area contributed by atoms with E-state index < -0.39 is 36.4 Å². The van der Waals surface area contributed by atoms with Crippen molar-refractivity contribution in [1.29, 1.82) is 0 Å². The molecule has 0 aliphatic carbocycles. The van der Waals surface area contributed by atoms with E-state index in [0.29, 0.717) is 16.0 Å².